The summed E-state index contributed by atoms with van der Waals surface area (Å²) in [5.41, 5.74) is 3.56. The van der Waals surface area contributed by atoms with Gasteiger partial charge in [-0.3, -0.25) is 0 Å². The van der Waals surface area contributed by atoms with E-state index in [2.05, 4.69) is 60.9 Å². The number of halogens is 1. The SMILES string of the molecule is CCNC(=NCc1ccc(C)cc1OCC1CCOC1)NCC1CCOc2ccccc21.I. The molecular formula is C26H36IN3O3. The first-order valence-electron chi connectivity index (χ1n) is 11.8. The summed E-state index contributed by atoms with van der Waals surface area (Å²) in [6.07, 6.45) is 2.08. The molecule has 7 heteroatoms. The molecule has 2 aromatic rings. The molecule has 2 unspecified atom stereocenters. The smallest absolute Gasteiger partial charge is 0.191 e. The number of guanidine groups is 1. The van der Waals surface area contributed by atoms with Crippen LogP contribution < -0.4 is 20.1 Å². The van der Waals surface area contributed by atoms with E-state index in [0.717, 1.165) is 68.8 Å². The first kappa shape index (κ1) is 25.6. The lowest BCUT2D eigenvalue weighted by Crippen LogP contribution is -2.40. The van der Waals surface area contributed by atoms with Gasteiger partial charge < -0.3 is 24.8 Å². The molecular weight excluding hydrogens is 529 g/mol. The number of hydrogen-bond donors (Lipinski definition) is 2. The summed E-state index contributed by atoms with van der Waals surface area (Å²) in [6, 6.07) is 14.7. The average Bonchev–Trinajstić information content (AvgIpc) is 3.34. The number of nitrogens with one attached hydrogen (secondary N) is 2. The Morgan fingerprint density at radius 2 is 2.00 bits per heavy atom. The van der Waals surface area contributed by atoms with E-state index >= 15 is 0 Å². The van der Waals surface area contributed by atoms with E-state index in [0.29, 0.717) is 25.0 Å². The summed E-state index contributed by atoms with van der Waals surface area (Å²) in [4.78, 5) is 4.85. The molecule has 1 fully saturated rings. The van der Waals surface area contributed by atoms with Crippen LogP contribution in [-0.4, -0.2) is 45.5 Å². The predicted octanol–water partition coefficient (Wildman–Crippen LogP) is 4.65. The molecule has 0 bridgehead atoms. The Kier molecular flexibility index (Phi) is 10.1. The normalized spacial score (nSPS) is 19.8. The Bertz CT molecular complexity index is 915. The number of fused-ring (bicyclic) bond motifs is 1. The van der Waals surface area contributed by atoms with E-state index in [9.17, 15) is 0 Å². The fourth-order valence-corrected chi connectivity index (χ4v) is 4.20. The molecule has 0 saturated carbocycles. The number of para-hydroxylation sites is 1. The van der Waals surface area contributed by atoms with E-state index < -0.39 is 0 Å². The van der Waals surface area contributed by atoms with Crippen LogP contribution in [0.1, 0.15) is 42.4 Å². The van der Waals surface area contributed by atoms with Gasteiger partial charge in [0.05, 0.1) is 26.4 Å². The zero-order valence-corrected chi connectivity index (χ0v) is 22.0. The summed E-state index contributed by atoms with van der Waals surface area (Å²) in [6.45, 7) is 9.48. The molecule has 6 nitrogen and oxygen atoms in total. The highest BCUT2D eigenvalue weighted by Crippen LogP contribution is 2.32. The van der Waals surface area contributed by atoms with Crippen LogP contribution in [0.2, 0.25) is 0 Å². The molecule has 33 heavy (non-hydrogen) atoms. The Balaban J connectivity index is 0.00000306. The van der Waals surface area contributed by atoms with Gasteiger partial charge in [-0.1, -0.05) is 30.3 Å². The fraction of sp³-hybridized carbons (Fsp3) is 0.500. The summed E-state index contributed by atoms with van der Waals surface area (Å²) >= 11 is 0. The summed E-state index contributed by atoms with van der Waals surface area (Å²) in [7, 11) is 0. The highest BCUT2D eigenvalue weighted by molar-refractivity contribution is 14.0. The van der Waals surface area contributed by atoms with Gasteiger partial charge in [-0.05, 0) is 49.9 Å². The lowest BCUT2D eigenvalue weighted by Gasteiger charge is -2.26. The number of nitrogens with zero attached hydrogens (tertiary/aromatic N) is 1. The molecule has 0 amide bonds. The number of ether oxygens (including phenoxy) is 3. The molecule has 2 atom stereocenters. The molecule has 180 valence electrons. The molecule has 0 aromatic heterocycles. The number of aryl methyl sites for hydroxylation is 1. The van der Waals surface area contributed by atoms with E-state index in [4.69, 9.17) is 19.2 Å². The molecule has 2 heterocycles. The number of benzene rings is 2. The predicted molar refractivity (Wildman–Crippen MR) is 143 cm³/mol. The minimum atomic E-state index is 0. The molecule has 2 aliphatic heterocycles. The van der Waals surface area contributed by atoms with Crippen molar-refractivity contribution in [1.82, 2.24) is 10.6 Å². The van der Waals surface area contributed by atoms with Gasteiger partial charge in [-0.25, -0.2) is 4.99 Å². The Morgan fingerprint density at radius 1 is 1.12 bits per heavy atom. The first-order chi connectivity index (χ1) is 15.7. The zero-order valence-electron chi connectivity index (χ0n) is 19.6. The topological polar surface area (TPSA) is 64.1 Å². The Morgan fingerprint density at radius 3 is 2.82 bits per heavy atom. The van der Waals surface area contributed by atoms with Crippen molar-refractivity contribution in [3.8, 4) is 11.5 Å². The second kappa shape index (κ2) is 13.0. The Labute approximate surface area is 214 Å². The van der Waals surface area contributed by atoms with Crippen LogP contribution in [0.25, 0.3) is 0 Å². The van der Waals surface area contributed by atoms with Crippen molar-refractivity contribution < 1.29 is 14.2 Å². The van der Waals surface area contributed by atoms with Crippen LogP contribution in [0.4, 0.5) is 0 Å². The van der Waals surface area contributed by atoms with Crippen molar-refractivity contribution in [2.24, 2.45) is 10.9 Å². The molecule has 1 saturated heterocycles. The maximum atomic E-state index is 6.18. The van der Waals surface area contributed by atoms with Gasteiger partial charge in [-0.15, -0.1) is 24.0 Å². The largest absolute Gasteiger partial charge is 0.493 e. The third-order valence-electron chi connectivity index (χ3n) is 6.07. The van der Waals surface area contributed by atoms with Gasteiger partial charge in [0.1, 0.15) is 11.5 Å². The van der Waals surface area contributed by atoms with Crippen LogP contribution >= 0.6 is 24.0 Å². The van der Waals surface area contributed by atoms with Crippen molar-refractivity contribution >= 4 is 29.9 Å². The molecule has 2 aliphatic rings. The van der Waals surface area contributed by atoms with Crippen LogP contribution in [0.3, 0.4) is 0 Å². The third-order valence-corrected chi connectivity index (χ3v) is 6.07. The van der Waals surface area contributed by atoms with E-state index in [1.165, 1.54) is 11.1 Å². The summed E-state index contributed by atoms with van der Waals surface area (Å²) in [5, 5.41) is 6.91. The maximum absolute atomic E-state index is 6.18. The quantitative estimate of drug-likeness (QED) is 0.277. The molecule has 0 spiro atoms. The number of rotatable bonds is 8. The van der Waals surface area contributed by atoms with Crippen molar-refractivity contribution in [3.63, 3.8) is 0 Å². The summed E-state index contributed by atoms with van der Waals surface area (Å²) in [5.74, 6) is 3.65. The van der Waals surface area contributed by atoms with Gasteiger partial charge in [-0.2, -0.15) is 0 Å². The highest BCUT2D eigenvalue weighted by atomic mass is 127. The third kappa shape index (κ3) is 7.24. The van der Waals surface area contributed by atoms with Crippen LogP contribution in [0, 0.1) is 12.8 Å². The summed E-state index contributed by atoms with van der Waals surface area (Å²) < 4.78 is 17.5. The monoisotopic (exact) mass is 565 g/mol. The van der Waals surface area contributed by atoms with E-state index in [1.54, 1.807) is 0 Å². The molecule has 4 rings (SSSR count). The van der Waals surface area contributed by atoms with Crippen LogP contribution in [0.15, 0.2) is 47.5 Å². The van der Waals surface area contributed by atoms with Gasteiger partial charge in [0.15, 0.2) is 5.96 Å². The second-order valence-corrected chi connectivity index (χ2v) is 8.60. The van der Waals surface area contributed by atoms with Crippen LogP contribution in [0.5, 0.6) is 11.5 Å². The van der Waals surface area contributed by atoms with E-state index in [-0.39, 0.29) is 24.0 Å². The average molecular weight is 565 g/mol. The van der Waals surface area contributed by atoms with Gasteiger partial charge in [0.25, 0.3) is 0 Å². The van der Waals surface area contributed by atoms with Gasteiger partial charge in [0, 0.05) is 37.1 Å². The number of aliphatic imine (C=N–C) groups is 1. The fourth-order valence-electron chi connectivity index (χ4n) is 4.20. The van der Waals surface area contributed by atoms with Gasteiger partial charge in [0.2, 0.25) is 0 Å². The molecule has 0 aliphatic carbocycles. The minimum Gasteiger partial charge on any atom is -0.493 e. The lowest BCUT2D eigenvalue weighted by atomic mass is 9.93. The van der Waals surface area contributed by atoms with Crippen molar-refractivity contribution in [1.29, 1.82) is 0 Å². The van der Waals surface area contributed by atoms with Crippen molar-refractivity contribution in [3.05, 3.63) is 59.2 Å². The molecule has 0 radical (unpaired) electrons. The maximum Gasteiger partial charge on any atom is 0.191 e. The number of hydrogen-bond acceptors (Lipinski definition) is 4. The zero-order chi connectivity index (χ0) is 22.2. The Hall–Kier alpha value is -2.00. The molecule has 2 aromatic carbocycles. The minimum absolute atomic E-state index is 0. The second-order valence-electron chi connectivity index (χ2n) is 8.60. The molecule has 2 N–H and O–H groups in total. The standard InChI is InChI=1S/C26H35N3O3.HI/c1-3-27-26(28-15-21-11-13-31-24-7-5-4-6-23(21)24)29-16-22-9-8-19(2)14-25(22)32-18-20-10-12-30-17-20;/h4-9,14,20-21H,3,10-13,15-18H2,1-2H3,(H2,27,28,29);1H. The lowest BCUT2D eigenvalue weighted by molar-refractivity contribution is 0.166. The highest BCUT2D eigenvalue weighted by Gasteiger charge is 2.21. The van der Waals surface area contributed by atoms with Crippen LogP contribution in [-0.2, 0) is 11.3 Å². The van der Waals surface area contributed by atoms with Crippen molar-refractivity contribution in [2.45, 2.75) is 39.2 Å². The van der Waals surface area contributed by atoms with Gasteiger partial charge >= 0.3 is 0 Å². The van der Waals surface area contributed by atoms with Crippen molar-refractivity contribution in [2.75, 3.05) is 39.5 Å². The first-order valence-corrected chi connectivity index (χ1v) is 11.8. The van der Waals surface area contributed by atoms with E-state index in [1.807, 2.05) is 6.07 Å².